The normalized spacial score (nSPS) is 23.8. The van der Waals surface area contributed by atoms with E-state index in [9.17, 15) is 5.11 Å². The molecule has 0 radical (unpaired) electrons. The highest BCUT2D eigenvalue weighted by Gasteiger charge is 2.21. The van der Waals surface area contributed by atoms with Crippen LogP contribution in [0.5, 0.6) is 0 Å². The summed E-state index contributed by atoms with van der Waals surface area (Å²) in [6.07, 6.45) is 3.41. The summed E-state index contributed by atoms with van der Waals surface area (Å²) in [6.45, 7) is 7.84. The molecule has 0 saturated carbocycles. The summed E-state index contributed by atoms with van der Waals surface area (Å²) in [7, 11) is 1.64. The first-order chi connectivity index (χ1) is 8.26. The third kappa shape index (κ3) is 6.36. The molecule has 1 aliphatic rings. The van der Waals surface area contributed by atoms with E-state index < -0.39 is 0 Å². The number of hydrogen-bond donors (Lipinski definition) is 2. The first-order valence-electron chi connectivity index (χ1n) is 6.86. The highest BCUT2D eigenvalue weighted by Crippen LogP contribution is 2.15. The molecule has 1 rings (SSSR count). The van der Waals surface area contributed by atoms with Gasteiger partial charge < -0.3 is 20.1 Å². The van der Waals surface area contributed by atoms with E-state index >= 15 is 0 Å². The molecule has 0 aromatic heterocycles. The van der Waals surface area contributed by atoms with Crippen LogP contribution in [0.3, 0.4) is 0 Å². The van der Waals surface area contributed by atoms with Crippen LogP contribution in [0.25, 0.3) is 0 Å². The molecule has 2 N–H and O–H groups in total. The van der Waals surface area contributed by atoms with Gasteiger partial charge in [0.2, 0.25) is 0 Å². The SMILES string of the molecule is CCCNCC1CCCN(CC(O)COC)C1. The second kappa shape index (κ2) is 8.86. The number of aliphatic hydroxyl groups excluding tert-OH is 1. The molecule has 0 bridgehead atoms. The molecule has 0 aromatic rings. The molecule has 1 aliphatic heterocycles. The summed E-state index contributed by atoms with van der Waals surface area (Å²) >= 11 is 0. The van der Waals surface area contributed by atoms with Gasteiger partial charge in [0.25, 0.3) is 0 Å². The zero-order valence-corrected chi connectivity index (χ0v) is 11.3. The number of piperidine rings is 1. The Bertz CT molecular complexity index is 190. The summed E-state index contributed by atoms with van der Waals surface area (Å²) in [4.78, 5) is 2.37. The van der Waals surface area contributed by atoms with Crippen molar-refractivity contribution in [1.29, 1.82) is 0 Å². The first-order valence-corrected chi connectivity index (χ1v) is 6.86. The van der Waals surface area contributed by atoms with Crippen LogP contribution in [0.2, 0.25) is 0 Å². The minimum Gasteiger partial charge on any atom is -0.389 e. The third-order valence-corrected chi connectivity index (χ3v) is 3.29. The molecule has 2 unspecified atom stereocenters. The van der Waals surface area contributed by atoms with Crippen LogP contribution < -0.4 is 5.32 Å². The molecule has 1 heterocycles. The Morgan fingerprint density at radius 2 is 2.35 bits per heavy atom. The molecule has 102 valence electrons. The topological polar surface area (TPSA) is 44.7 Å². The van der Waals surface area contributed by atoms with Crippen LogP contribution in [0.15, 0.2) is 0 Å². The minimum atomic E-state index is -0.345. The number of likely N-dealkylation sites (tertiary alicyclic amines) is 1. The number of ether oxygens (including phenoxy) is 1. The Balaban J connectivity index is 2.18. The van der Waals surface area contributed by atoms with Crippen molar-refractivity contribution < 1.29 is 9.84 Å². The van der Waals surface area contributed by atoms with Crippen LogP contribution in [-0.2, 0) is 4.74 Å². The summed E-state index contributed by atoms with van der Waals surface area (Å²) in [5.41, 5.74) is 0. The molecule has 1 saturated heterocycles. The highest BCUT2D eigenvalue weighted by molar-refractivity contribution is 4.76. The van der Waals surface area contributed by atoms with E-state index in [1.54, 1.807) is 7.11 Å². The smallest absolute Gasteiger partial charge is 0.0900 e. The van der Waals surface area contributed by atoms with Crippen molar-refractivity contribution in [3.63, 3.8) is 0 Å². The van der Waals surface area contributed by atoms with Crippen molar-refractivity contribution >= 4 is 0 Å². The number of nitrogens with one attached hydrogen (secondary N) is 1. The Labute approximate surface area is 105 Å². The van der Waals surface area contributed by atoms with Gasteiger partial charge in [-0.1, -0.05) is 6.92 Å². The maximum absolute atomic E-state index is 9.72. The van der Waals surface area contributed by atoms with E-state index in [4.69, 9.17) is 4.74 Å². The lowest BCUT2D eigenvalue weighted by atomic mass is 9.97. The van der Waals surface area contributed by atoms with Crippen LogP contribution in [0.1, 0.15) is 26.2 Å². The first kappa shape index (κ1) is 14.9. The van der Waals surface area contributed by atoms with Gasteiger partial charge in [-0.05, 0) is 44.8 Å². The molecule has 17 heavy (non-hydrogen) atoms. The zero-order valence-electron chi connectivity index (χ0n) is 11.3. The lowest BCUT2D eigenvalue weighted by Crippen LogP contribution is -2.43. The molecule has 0 aliphatic carbocycles. The number of hydrogen-bond acceptors (Lipinski definition) is 4. The van der Waals surface area contributed by atoms with Gasteiger partial charge in [0.1, 0.15) is 0 Å². The largest absolute Gasteiger partial charge is 0.389 e. The van der Waals surface area contributed by atoms with E-state index in [2.05, 4.69) is 17.1 Å². The molecule has 1 fully saturated rings. The van der Waals surface area contributed by atoms with Crippen molar-refractivity contribution in [2.75, 3.05) is 46.4 Å². The molecule has 4 nitrogen and oxygen atoms in total. The zero-order chi connectivity index (χ0) is 12.5. The Morgan fingerprint density at radius 1 is 1.53 bits per heavy atom. The van der Waals surface area contributed by atoms with Gasteiger partial charge in [0.05, 0.1) is 12.7 Å². The number of methoxy groups -OCH3 is 1. The molecule has 0 amide bonds. The van der Waals surface area contributed by atoms with E-state index in [1.807, 2.05) is 0 Å². The van der Waals surface area contributed by atoms with Crippen molar-refractivity contribution in [2.24, 2.45) is 5.92 Å². The second-order valence-corrected chi connectivity index (χ2v) is 5.08. The summed E-state index contributed by atoms with van der Waals surface area (Å²) in [6, 6.07) is 0. The molecule has 0 aromatic carbocycles. The molecule has 0 spiro atoms. The van der Waals surface area contributed by atoms with Crippen molar-refractivity contribution in [3.8, 4) is 0 Å². The minimum absolute atomic E-state index is 0.345. The monoisotopic (exact) mass is 244 g/mol. The lowest BCUT2D eigenvalue weighted by molar-refractivity contribution is 0.0271. The van der Waals surface area contributed by atoms with E-state index in [0.717, 1.165) is 38.6 Å². The van der Waals surface area contributed by atoms with Crippen LogP contribution in [-0.4, -0.2) is 62.6 Å². The standard InChI is InChI=1S/C13H28N2O2/c1-3-6-14-8-12-5-4-7-15(9-12)10-13(16)11-17-2/h12-14,16H,3-11H2,1-2H3. The fourth-order valence-corrected chi connectivity index (χ4v) is 2.51. The summed E-state index contributed by atoms with van der Waals surface area (Å²) in [5, 5.41) is 13.2. The van der Waals surface area contributed by atoms with Crippen molar-refractivity contribution in [3.05, 3.63) is 0 Å². The quantitative estimate of drug-likeness (QED) is 0.617. The number of rotatable bonds is 8. The van der Waals surface area contributed by atoms with Crippen LogP contribution in [0.4, 0.5) is 0 Å². The predicted octanol–water partition coefficient (Wildman–Crippen LogP) is 0.705. The van der Waals surface area contributed by atoms with E-state index in [1.165, 1.54) is 19.3 Å². The maximum atomic E-state index is 9.72. The van der Waals surface area contributed by atoms with E-state index in [-0.39, 0.29) is 6.10 Å². The lowest BCUT2D eigenvalue weighted by Gasteiger charge is -2.34. The van der Waals surface area contributed by atoms with Gasteiger partial charge in [0.15, 0.2) is 0 Å². The fourth-order valence-electron chi connectivity index (χ4n) is 2.51. The maximum Gasteiger partial charge on any atom is 0.0900 e. The average molecular weight is 244 g/mol. The van der Waals surface area contributed by atoms with Crippen molar-refractivity contribution in [1.82, 2.24) is 10.2 Å². The van der Waals surface area contributed by atoms with Gasteiger partial charge in [-0.3, -0.25) is 0 Å². The Morgan fingerprint density at radius 3 is 3.06 bits per heavy atom. The average Bonchev–Trinajstić information content (AvgIpc) is 2.30. The number of nitrogens with zero attached hydrogens (tertiary/aromatic N) is 1. The molecule has 2 atom stereocenters. The van der Waals surface area contributed by atoms with Gasteiger partial charge in [-0.25, -0.2) is 0 Å². The summed E-state index contributed by atoms with van der Waals surface area (Å²) < 4.78 is 4.96. The van der Waals surface area contributed by atoms with Crippen LogP contribution >= 0.6 is 0 Å². The Kier molecular flexibility index (Phi) is 7.77. The number of β-amino-alcohol motifs (C(OH)–C–C–N with tert-alkyl or cyclic N) is 1. The third-order valence-electron chi connectivity index (χ3n) is 3.29. The van der Waals surface area contributed by atoms with E-state index in [0.29, 0.717) is 6.61 Å². The van der Waals surface area contributed by atoms with Crippen molar-refractivity contribution in [2.45, 2.75) is 32.3 Å². The molecular weight excluding hydrogens is 216 g/mol. The van der Waals surface area contributed by atoms with Gasteiger partial charge >= 0.3 is 0 Å². The molecule has 4 heteroatoms. The van der Waals surface area contributed by atoms with Crippen LogP contribution in [0, 0.1) is 5.92 Å². The summed E-state index contributed by atoms with van der Waals surface area (Å²) in [5.74, 6) is 0.741. The van der Waals surface area contributed by atoms with Gasteiger partial charge in [0, 0.05) is 20.2 Å². The number of aliphatic hydroxyl groups is 1. The second-order valence-electron chi connectivity index (χ2n) is 5.08. The Hall–Kier alpha value is -0.160. The highest BCUT2D eigenvalue weighted by atomic mass is 16.5. The van der Waals surface area contributed by atoms with Gasteiger partial charge in [-0.2, -0.15) is 0 Å². The predicted molar refractivity (Wildman–Crippen MR) is 70.2 cm³/mol. The molecular formula is C13H28N2O2. The fraction of sp³-hybridized carbons (Fsp3) is 1.00. The van der Waals surface area contributed by atoms with Gasteiger partial charge in [-0.15, -0.1) is 0 Å².